The van der Waals surface area contributed by atoms with Gasteiger partial charge in [-0.25, -0.2) is 0 Å². The van der Waals surface area contributed by atoms with Crippen LogP contribution in [0.1, 0.15) is 19.4 Å². The Labute approximate surface area is 123 Å². The van der Waals surface area contributed by atoms with Crippen LogP contribution in [-0.2, 0) is 6.54 Å². The molecule has 0 radical (unpaired) electrons. The molecule has 1 aromatic rings. The lowest BCUT2D eigenvalue weighted by Gasteiger charge is -2.28. The molecule has 0 amide bonds. The van der Waals surface area contributed by atoms with Gasteiger partial charge in [0.15, 0.2) is 11.5 Å². The van der Waals surface area contributed by atoms with Crippen LogP contribution in [0.15, 0.2) is 18.2 Å². The van der Waals surface area contributed by atoms with Gasteiger partial charge in [-0.2, -0.15) is 0 Å². The molecule has 114 valence electrons. The summed E-state index contributed by atoms with van der Waals surface area (Å²) in [5, 5.41) is 3.52. The van der Waals surface area contributed by atoms with Gasteiger partial charge in [-0.15, -0.1) is 0 Å². The summed E-state index contributed by atoms with van der Waals surface area (Å²) < 4.78 is 10.6. The van der Waals surface area contributed by atoms with Crippen molar-refractivity contribution in [1.29, 1.82) is 0 Å². The van der Waals surface area contributed by atoms with Crippen molar-refractivity contribution in [2.75, 3.05) is 34.9 Å². The number of hydrogen-bond acceptors (Lipinski definition) is 4. The first-order valence-corrected chi connectivity index (χ1v) is 7.07. The zero-order valence-corrected chi connectivity index (χ0v) is 13.6. The van der Waals surface area contributed by atoms with Gasteiger partial charge in [0.1, 0.15) is 0 Å². The third-order valence-corrected chi connectivity index (χ3v) is 3.56. The summed E-state index contributed by atoms with van der Waals surface area (Å²) in [6.45, 7) is 6.31. The SMILES string of the molecule is COc1ccc(CNCC(C(C)C)N(C)C)cc1OC. The molecule has 20 heavy (non-hydrogen) atoms. The van der Waals surface area contributed by atoms with Crippen molar-refractivity contribution < 1.29 is 9.47 Å². The van der Waals surface area contributed by atoms with Gasteiger partial charge in [0.2, 0.25) is 0 Å². The summed E-state index contributed by atoms with van der Waals surface area (Å²) in [4.78, 5) is 2.27. The molecule has 0 saturated carbocycles. The monoisotopic (exact) mass is 280 g/mol. The van der Waals surface area contributed by atoms with Crippen LogP contribution in [-0.4, -0.2) is 45.8 Å². The maximum Gasteiger partial charge on any atom is 0.161 e. The Morgan fingerprint density at radius 3 is 2.25 bits per heavy atom. The first-order valence-electron chi connectivity index (χ1n) is 7.07. The molecule has 0 aliphatic heterocycles. The van der Waals surface area contributed by atoms with E-state index in [4.69, 9.17) is 9.47 Å². The quantitative estimate of drug-likeness (QED) is 0.793. The van der Waals surface area contributed by atoms with Gasteiger partial charge in [0.25, 0.3) is 0 Å². The second kappa shape index (κ2) is 8.12. The van der Waals surface area contributed by atoms with E-state index < -0.39 is 0 Å². The van der Waals surface area contributed by atoms with E-state index in [9.17, 15) is 0 Å². The molecule has 1 aromatic carbocycles. The minimum Gasteiger partial charge on any atom is -0.493 e. The van der Waals surface area contributed by atoms with Crippen molar-refractivity contribution in [2.45, 2.75) is 26.4 Å². The molecule has 0 heterocycles. The van der Waals surface area contributed by atoms with Crippen molar-refractivity contribution in [3.63, 3.8) is 0 Å². The molecule has 0 aromatic heterocycles. The standard InChI is InChI=1S/C16H28N2O2/c1-12(2)14(18(3)4)11-17-10-13-7-8-15(19-5)16(9-13)20-6/h7-9,12,14,17H,10-11H2,1-6H3. The first kappa shape index (κ1) is 16.8. The first-order chi connectivity index (χ1) is 9.49. The Kier molecular flexibility index (Phi) is 6.82. The highest BCUT2D eigenvalue weighted by Gasteiger charge is 2.15. The zero-order valence-electron chi connectivity index (χ0n) is 13.6. The Hall–Kier alpha value is -1.26. The van der Waals surface area contributed by atoms with Crippen LogP contribution in [0.3, 0.4) is 0 Å². The number of methoxy groups -OCH3 is 2. The van der Waals surface area contributed by atoms with E-state index in [0.29, 0.717) is 12.0 Å². The van der Waals surface area contributed by atoms with Crippen molar-refractivity contribution >= 4 is 0 Å². The van der Waals surface area contributed by atoms with Gasteiger partial charge < -0.3 is 19.7 Å². The molecular formula is C16H28N2O2. The highest BCUT2D eigenvalue weighted by Crippen LogP contribution is 2.27. The van der Waals surface area contributed by atoms with Gasteiger partial charge in [-0.05, 0) is 37.7 Å². The summed E-state index contributed by atoms with van der Waals surface area (Å²) >= 11 is 0. The fraction of sp³-hybridized carbons (Fsp3) is 0.625. The number of likely N-dealkylation sites (N-methyl/N-ethyl adjacent to an activating group) is 1. The van der Waals surface area contributed by atoms with Crippen LogP contribution in [0.25, 0.3) is 0 Å². The third kappa shape index (κ3) is 4.69. The second-order valence-electron chi connectivity index (χ2n) is 5.60. The largest absolute Gasteiger partial charge is 0.493 e. The van der Waals surface area contributed by atoms with Gasteiger partial charge in [-0.3, -0.25) is 0 Å². The molecule has 1 N–H and O–H groups in total. The smallest absolute Gasteiger partial charge is 0.161 e. The molecule has 1 atom stereocenters. The summed E-state index contributed by atoms with van der Waals surface area (Å²) in [5.74, 6) is 2.17. The lowest BCUT2D eigenvalue weighted by atomic mass is 10.0. The van der Waals surface area contributed by atoms with Crippen molar-refractivity contribution in [3.8, 4) is 11.5 Å². The van der Waals surface area contributed by atoms with E-state index >= 15 is 0 Å². The van der Waals surface area contributed by atoms with E-state index in [1.54, 1.807) is 14.2 Å². The average molecular weight is 280 g/mol. The molecule has 0 fully saturated rings. The lowest BCUT2D eigenvalue weighted by Crippen LogP contribution is -2.41. The highest BCUT2D eigenvalue weighted by atomic mass is 16.5. The summed E-state index contributed by atoms with van der Waals surface area (Å²) in [6, 6.07) is 6.57. The van der Waals surface area contributed by atoms with Crippen LogP contribution in [0.5, 0.6) is 11.5 Å². The minimum absolute atomic E-state index is 0.537. The Bertz CT molecular complexity index is 397. The topological polar surface area (TPSA) is 33.7 Å². The van der Waals surface area contributed by atoms with Gasteiger partial charge in [0.05, 0.1) is 14.2 Å². The minimum atomic E-state index is 0.537. The molecule has 0 saturated heterocycles. The zero-order chi connectivity index (χ0) is 15.1. The molecule has 4 heteroatoms. The molecule has 0 aliphatic carbocycles. The van der Waals surface area contributed by atoms with Gasteiger partial charge in [0, 0.05) is 19.1 Å². The normalized spacial score (nSPS) is 12.8. The number of nitrogens with zero attached hydrogens (tertiary/aromatic N) is 1. The van der Waals surface area contributed by atoms with Crippen molar-refractivity contribution in [1.82, 2.24) is 10.2 Å². The molecule has 1 unspecified atom stereocenters. The number of rotatable bonds is 8. The maximum absolute atomic E-state index is 5.32. The van der Waals surface area contributed by atoms with E-state index in [1.165, 1.54) is 5.56 Å². The summed E-state index contributed by atoms with van der Waals surface area (Å²) in [6.07, 6.45) is 0. The Morgan fingerprint density at radius 2 is 1.75 bits per heavy atom. The second-order valence-corrected chi connectivity index (χ2v) is 5.60. The molecule has 4 nitrogen and oxygen atoms in total. The fourth-order valence-electron chi connectivity index (χ4n) is 2.37. The molecule has 0 aliphatic rings. The van der Waals surface area contributed by atoms with Crippen molar-refractivity contribution in [3.05, 3.63) is 23.8 Å². The average Bonchev–Trinajstić information content (AvgIpc) is 2.42. The van der Waals surface area contributed by atoms with E-state index in [1.807, 2.05) is 12.1 Å². The van der Waals surface area contributed by atoms with E-state index in [-0.39, 0.29) is 0 Å². The predicted molar refractivity (Wildman–Crippen MR) is 83.6 cm³/mol. The third-order valence-electron chi connectivity index (χ3n) is 3.56. The number of ether oxygens (including phenoxy) is 2. The van der Waals surface area contributed by atoms with Crippen LogP contribution in [0, 0.1) is 5.92 Å². The van der Waals surface area contributed by atoms with Crippen LogP contribution in [0.2, 0.25) is 0 Å². The number of hydrogen-bond donors (Lipinski definition) is 1. The number of nitrogens with one attached hydrogen (secondary N) is 1. The Morgan fingerprint density at radius 1 is 1.10 bits per heavy atom. The molecule has 0 bridgehead atoms. The molecule has 0 spiro atoms. The number of benzene rings is 1. The van der Waals surface area contributed by atoms with Gasteiger partial charge >= 0.3 is 0 Å². The molecular weight excluding hydrogens is 252 g/mol. The van der Waals surface area contributed by atoms with Crippen LogP contribution in [0.4, 0.5) is 0 Å². The van der Waals surface area contributed by atoms with Gasteiger partial charge in [-0.1, -0.05) is 19.9 Å². The van der Waals surface area contributed by atoms with Crippen LogP contribution >= 0.6 is 0 Å². The lowest BCUT2D eigenvalue weighted by molar-refractivity contribution is 0.224. The highest BCUT2D eigenvalue weighted by molar-refractivity contribution is 5.42. The summed E-state index contributed by atoms with van der Waals surface area (Å²) in [7, 11) is 7.57. The molecule has 1 rings (SSSR count). The fourth-order valence-corrected chi connectivity index (χ4v) is 2.37. The predicted octanol–water partition coefficient (Wildman–Crippen LogP) is 2.38. The van der Waals surface area contributed by atoms with Crippen LogP contribution < -0.4 is 14.8 Å². The van der Waals surface area contributed by atoms with Crippen molar-refractivity contribution in [2.24, 2.45) is 5.92 Å². The maximum atomic E-state index is 5.32. The Balaban J connectivity index is 2.57. The summed E-state index contributed by atoms with van der Waals surface area (Å²) in [5.41, 5.74) is 1.20. The van der Waals surface area contributed by atoms with E-state index in [0.717, 1.165) is 24.6 Å². The van der Waals surface area contributed by atoms with E-state index in [2.05, 4.69) is 44.2 Å².